The van der Waals surface area contributed by atoms with Crippen molar-refractivity contribution in [3.8, 4) is 0 Å². The molecule has 20 heavy (non-hydrogen) atoms. The van der Waals surface area contributed by atoms with E-state index in [0.29, 0.717) is 6.04 Å². The van der Waals surface area contributed by atoms with Crippen LogP contribution in [0.15, 0.2) is 34.2 Å². The van der Waals surface area contributed by atoms with Crippen LogP contribution in [0, 0.1) is 0 Å². The predicted octanol–water partition coefficient (Wildman–Crippen LogP) is 4.68. The summed E-state index contributed by atoms with van der Waals surface area (Å²) in [7, 11) is 0. The lowest BCUT2D eigenvalue weighted by Gasteiger charge is -2.18. The van der Waals surface area contributed by atoms with Crippen molar-refractivity contribution in [2.75, 3.05) is 23.3 Å². The Bertz CT molecular complexity index is 561. The Kier molecular flexibility index (Phi) is 4.27. The Morgan fingerprint density at radius 1 is 1.35 bits per heavy atom. The van der Waals surface area contributed by atoms with Crippen LogP contribution in [0.3, 0.4) is 0 Å². The average Bonchev–Trinajstić information content (AvgIpc) is 3.10. The van der Waals surface area contributed by atoms with Crippen molar-refractivity contribution < 1.29 is 0 Å². The first kappa shape index (κ1) is 13.9. The predicted molar refractivity (Wildman–Crippen MR) is 89.7 cm³/mol. The third kappa shape index (κ3) is 3.15. The van der Waals surface area contributed by atoms with Crippen LogP contribution >= 0.6 is 27.3 Å². The van der Waals surface area contributed by atoms with E-state index in [9.17, 15) is 0 Å². The molecule has 0 spiro atoms. The summed E-state index contributed by atoms with van der Waals surface area (Å²) in [5, 5.41) is 5.61. The molecule has 1 saturated heterocycles. The van der Waals surface area contributed by atoms with Gasteiger partial charge in [0.25, 0.3) is 0 Å². The number of nitrogens with one attached hydrogen (secondary N) is 1. The summed E-state index contributed by atoms with van der Waals surface area (Å²) < 4.78 is 1.15. The van der Waals surface area contributed by atoms with Gasteiger partial charge in [-0.2, -0.15) is 0 Å². The molecule has 3 heterocycles. The van der Waals surface area contributed by atoms with Crippen LogP contribution in [0.2, 0.25) is 0 Å². The van der Waals surface area contributed by atoms with E-state index in [1.165, 1.54) is 17.7 Å². The van der Waals surface area contributed by atoms with Gasteiger partial charge in [0.05, 0.1) is 17.9 Å². The Balaban J connectivity index is 1.65. The zero-order valence-electron chi connectivity index (χ0n) is 11.5. The monoisotopic (exact) mass is 351 g/mol. The molecule has 0 amide bonds. The van der Waals surface area contributed by atoms with E-state index in [4.69, 9.17) is 0 Å². The first-order chi connectivity index (χ1) is 9.72. The highest BCUT2D eigenvalue weighted by molar-refractivity contribution is 9.10. The summed E-state index contributed by atoms with van der Waals surface area (Å²) in [6.45, 7) is 4.45. The van der Waals surface area contributed by atoms with Crippen molar-refractivity contribution in [2.24, 2.45) is 0 Å². The molecule has 106 valence electrons. The van der Waals surface area contributed by atoms with Gasteiger partial charge in [-0.3, -0.25) is 0 Å². The van der Waals surface area contributed by atoms with Gasteiger partial charge >= 0.3 is 0 Å². The number of hydrogen-bond acceptors (Lipinski definition) is 4. The first-order valence-corrected chi connectivity index (χ1v) is 8.61. The third-order valence-electron chi connectivity index (χ3n) is 3.58. The minimum atomic E-state index is 0.297. The van der Waals surface area contributed by atoms with E-state index < -0.39 is 0 Å². The van der Waals surface area contributed by atoms with Gasteiger partial charge < -0.3 is 10.2 Å². The van der Waals surface area contributed by atoms with E-state index in [1.807, 2.05) is 6.20 Å². The molecule has 3 rings (SSSR count). The quantitative estimate of drug-likeness (QED) is 0.866. The molecule has 0 bridgehead atoms. The zero-order valence-corrected chi connectivity index (χ0v) is 13.9. The number of halogens is 1. The van der Waals surface area contributed by atoms with E-state index in [1.54, 1.807) is 11.3 Å². The summed E-state index contributed by atoms with van der Waals surface area (Å²) >= 11 is 5.26. The summed E-state index contributed by atoms with van der Waals surface area (Å²) in [4.78, 5) is 8.24. The lowest BCUT2D eigenvalue weighted by atomic mass is 10.2. The van der Waals surface area contributed by atoms with Crippen molar-refractivity contribution in [1.82, 2.24) is 4.98 Å². The molecule has 1 fully saturated rings. The topological polar surface area (TPSA) is 28.2 Å². The minimum Gasteiger partial charge on any atom is -0.376 e. The number of aromatic nitrogens is 1. The third-order valence-corrected chi connectivity index (χ3v) is 5.45. The van der Waals surface area contributed by atoms with Crippen molar-refractivity contribution in [1.29, 1.82) is 0 Å². The maximum Gasteiger partial charge on any atom is 0.128 e. The molecule has 2 aromatic rings. The molecular weight excluding hydrogens is 334 g/mol. The van der Waals surface area contributed by atoms with Crippen LogP contribution in [0.25, 0.3) is 0 Å². The highest BCUT2D eigenvalue weighted by Crippen LogP contribution is 2.28. The fraction of sp³-hybridized carbons (Fsp3) is 0.400. The molecule has 1 unspecified atom stereocenters. The second kappa shape index (κ2) is 6.14. The van der Waals surface area contributed by atoms with Crippen LogP contribution < -0.4 is 10.2 Å². The fourth-order valence-corrected chi connectivity index (χ4v) is 3.93. The first-order valence-electron chi connectivity index (χ1n) is 6.94. The zero-order chi connectivity index (χ0) is 13.9. The van der Waals surface area contributed by atoms with E-state index >= 15 is 0 Å². The lowest BCUT2D eigenvalue weighted by molar-refractivity contribution is 0.900. The molecule has 0 radical (unpaired) electrons. The highest BCUT2D eigenvalue weighted by Gasteiger charge is 2.13. The van der Waals surface area contributed by atoms with Crippen molar-refractivity contribution in [3.63, 3.8) is 0 Å². The van der Waals surface area contributed by atoms with Crippen molar-refractivity contribution in [2.45, 2.75) is 25.8 Å². The molecular formula is C15H18BrN3S. The SMILES string of the molecule is CC(Nc1ccc(N2CCCC2)nc1)c1cc(Br)cs1. The smallest absolute Gasteiger partial charge is 0.128 e. The number of hydrogen-bond donors (Lipinski definition) is 1. The van der Waals surface area contributed by atoms with Crippen molar-refractivity contribution in [3.05, 3.63) is 39.1 Å². The lowest BCUT2D eigenvalue weighted by Crippen LogP contribution is -2.18. The molecule has 1 aliphatic heterocycles. The molecule has 1 aliphatic rings. The average molecular weight is 352 g/mol. The van der Waals surface area contributed by atoms with E-state index in [-0.39, 0.29) is 0 Å². The number of nitrogens with zero attached hydrogens (tertiary/aromatic N) is 2. The van der Waals surface area contributed by atoms with Crippen LogP contribution in [0.1, 0.15) is 30.7 Å². The van der Waals surface area contributed by atoms with Gasteiger partial charge in [-0.05, 0) is 53.9 Å². The van der Waals surface area contributed by atoms with Gasteiger partial charge in [-0.1, -0.05) is 0 Å². The van der Waals surface area contributed by atoms with E-state index in [2.05, 4.69) is 61.6 Å². The number of rotatable bonds is 4. The number of pyridine rings is 1. The van der Waals surface area contributed by atoms with Gasteiger partial charge in [0.1, 0.15) is 5.82 Å². The largest absolute Gasteiger partial charge is 0.376 e. The maximum atomic E-state index is 4.57. The van der Waals surface area contributed by atoms with Gasteiger partial charge in [0, 0.05) is 27.8 Å². The number of anilines is 2. The van der Waals surface area contributed by atoms with Gasteiger partial charge in [0.15, 0.2) is 0 Å². The van der Waals surface area contributed by atoms with E-state index in [0.717, 1.165) is 29.1 Å². The maximum absolute atomic E-state index is 4.57. The van der Waals surface area contributed by atoms with Gasteiger partial charge in [-0.25, -0.2) is 4.98 Å². The molecule has 0 aromatic carbocycles. The molecule has 0 saturated carbocycles. The van der Waals surface area contributed by atoms with Gasteiger partial charge in [0.2, 0.25) is 0 Å². The second-order valence-corrected chi connectivity index (χ2v) is 6.99. The Labute approximate surface area is 132 Å². The molecule has 0 aliphatic carbocycles. The molecule has 5 heteroatoms. The number of thiophene rings is 1. The summed E-state index contributed by atoms with van der Waals surface area (Å²) in [5.41, 5.74) is 1.07. The van der Waals surface area contributed by atoms with Gasteiger partial charge in [-0.15, -0.1) is 11.3 Å². The molecule has 3 nitrogen and oxygen atoms in total. The highest BCUT2D eigenvalue weighted by atomic mass is 79.9. The second-order valence-electron chi connectivity index (χ2n) is 5.13. The Morgan fingerprint density at radius 2 is 2.15 bits per heavy atom. The molecule has 1 N–H and O–H groups in total. The van der Waals surface area contributed by atoms with Crippen LogP contribution in [0.5, 0.6) is 0 Å². The van der Waals surface area contributed by atoms with Crippen LogP contribution in [-0.2, 0) is 0 Å². The van der Waals surface area contributed by atoms with Crippen LogP contribution in [0.4, 0.5) is 11.5 Å². The summed E-state index contributed by atoms with van der Waals surface area (Å²) in [6.07, 6.45) is 4.50. The van der Waals surface area contributed by atoms with Crippen LogP contribution in [-0.4, -0.2) is 18.1 Å². The van der Waals surface area contributed by atoms with Crippen molar-refractivity contribution >= 4 is 38.8 Å². The molecule has 1 atom stereocenters. The minimum absolute atomic E-state index is 0.297. The Morgan fingerprint density at radius 3 is 2.75 bits per heavy atom. The standard InChI is InChI=1S/C15H18BrN3S/c1-11(14-8-12(16)10-20-14)18-13-4-5-15(17-9-13)19-6-2-3-7-19/h4-5,8-11,18H,2-3,6-7H2,1H3. The fourth-order valence-electron chi connectivity index (χ4n) is 2.48. The molecule has 2 aromatic heterocycles. The Hall–Kier alpha value is -1.07. The summed E-state index contributed by atoms with van der Waals surface area (Å²) in [6, 6.07) is 6.70. The summed E-state index contributed by atoms with van der Waals surface area (Å²) in [5.74, 6) is 1.10. The normalized spacial score (nSPS) is 16.4.